The average Bonchev–Trinajstić information content (AvgIpc) is 2.86. The van der Waals surface area contributed by atoms with E-state index in [0.29, 0.717) is 27.8 Å². The van der Waals surface area contributed by atoms with Gasteiger partial charge in [0.05, 0.1) is 23.4 Å². The van der Waals surface area contributed by atoms with Crippen molar-refractivity contribution in [2.75, 3.05) is 17.1 Å². The molecule has 9 heteroatoms. The monoisotopic (exact) mass is 508 g/mol. The Hall–Kier alpha value is -4.01. The number of carbonyl (C=O) groups is 1. The van der Waals surface area contributed by atoms with E-state index in [2.05, 4.69) is 10.0 Å². The maximum Gasteiger partial charge on any atom is 0.262 e. The van der Waals surface area contributed by atoms with Gasteiger partial charge in [-0.15, -0.1) is 0 Å². The van der Waals surface area contributed by atoms with Crippen LogP contribution in [-0.2, 0) is 10.0 Å². The van der Waals surface area contributed by atoms with Crippen molar-refractivity contribution >= 4 is 38.9 Å². The van der Waals surface area contributed by atoms with E-state index in [4.69, 9.17) is 21.1 Å². The summed E-state index contributed by atoms with van der Waals surface area (Å²) in [5.41, 5.74) is 0.817. The molecule has 4 aromatic carbocycles. The molecule has 0 spiro atoms. The highest BCUT2D eigenvalue weighted by Gasteiger charge is 2.20. The zero-order chi connectivity index (χ0) is 24.8. The van der Waals surface area contributed by atoms with Crippen molar-refractivity contribution in [3.63, 3.8) is 0 Å². The molecular formula is C26H21ClN2O5S. The molecule has 0 aliphatic carbocycles. The lowest BCUT2D eigenvalue weighted by Crippen LogP contribution is -2.16. The summed E-state index contributed by atoms with van der Waals surface area (Å²) in [5, 5.41) is 3.19. The van der Waals surface area contributed by atoms with E-state index in [-0.39, 0.29) is 16.3 Å². The minimum absolute atomic E-state index is 0.0702. The minimum Gasteiger partial charge on any atom is -0.495 e. The topological polar surface area (TPSA) is 93.7 Å². The van der Waals surface area contributed by atoms with E-state index in [9.17, 15) is 13.2 Å². The van der Waals surface area contributed by atoms with Crippen LogP contribution in [0.25, 0.3) is 0 Å². The lowest BCUT2D eigenvalue weighted by molar-refractivity contribution is 0.102. The average molecular weight is 509 g/mol. The van der Waals surface area contributed by atoms with Gasteiger partial charge in [-0.25, -0.2) is 8.42 Å². The van der Waals surface area contributed by atoms with Crippen molar-refractivity contribution in [3.05, 3.63) is 108 Å². The molecule has 4 rings (SSSR count). The van der Waals surface area contributed by atoms with Crippen LogP contribution in [0.2, 0.25) is 5.02 Å². The van der Waals surface area contributed by atoms with Gasteiger partial charge in [0.1, 0.15) is 11.5 Å². The summed E-state index contributed by atoms with van der Waals surface area (Å²) in [7, 11) is -2.61. The summed E-state index contributed by atoms with van der Waals surface area (Å²) in [6.07, 6.45) is 0. The zero-order valence-electron chi connectivity index (χ0n) is 18.6. The fourth-order valence-corrected chi connectivity index (χ4v) is 4.43. The molecule has 1 amide bonds. The third-order valence-electron chi connectivity index (χ3n) is 4.94. The molecule has 0 aliphatic heterocycles. The smallest absolute Gasteiger partial charge is 0.262 e. The van der Waals surface area contributed by atoms with Crippen LogP contribution in [-0.4, -0.2) is 21.4 Å². The second-order valence-electron chi connectivity index (χ2n) is 7.34. The van der Waals surface area contributed by atoms with Gasteiger partial charge in [0, 0.05) is 10.6 Å². The van der Waals surface area contributed by atoms with E-state index in [1.807, 2.05) is 18.2 Å². The number of ether oxygens (including phenoxy) is 2. The maximum absolute atomic E-state index is 13.2. The molecule has 2 N–H and O–H groups in total. The summed E-state index contributed by atoms with van der Waals surface area (Å²) in [5.74, 6) is 0.769. The Labute approximate surface area is 208 Å². The number of halogens is 1. The quantitative estimate of drug-likeness (QED) is 0.296. The van der Waals surface area contributed by atoms with Crippen LogP contribution >= 0.6 is 11.6 Å². The zero-order valence-corrected chi connectivity index (χ0v) is 20.1. The Morgan fingerprint density at radius 3 is 2.20 bits per heavy atom. The second kappa shape index (κ2) is 10.5. The van der Waals surface area contributed by atoms with Crippen molar-refractivity contribution in [2.45, 2.75) is 4.90 Å². The van der Waals surface area contributed by atoms with Crippen molar-refractivity contribution < 1.29 is 22.7 Å². The van der Waals surface area contributed by atoms with Crippen LogP contribution in [0.15, 0.2) is 102 Å². The van der Waals surface area contributed by atoms with E-state index in [0.717, 1.165) is 0 Å². The first-order chi connectivity index (χ1) is 16.9. The summed E-state index contributed by atoms with van der Waals surface area (Å²) in [6.45, 7) is 0. The molecule has 0 heterocycles. The third kappa shape index (κ3) is 5.92. The Balaban J connectivity index is 1.60. The first-order valence-electron chi connectivity index (χ1n) is 10.5. The van der Waals surface area contributed by atoms with Gasteiger partial charge in [0.25, 0.3) is 15.9 Å². The number of methoxy groups -OCH3 is 1. The number of amides is 1. The first-order valence-corrected chi connectivity index (χ1v) is 12.3. The number of rotatable bonds is 8. The molecule has 7 nitrogen and oxygen atoms in total. The van der Waals surface area contributed by atoms with Crippen molar-refractivity contribution in [1.29, 1.82) is 0 Å². The molecule has 0 saturated carbocycles. The molecule has 178 valence electrons. The summed E-state index contributed by atoms with van der Waals surface area (Å²) >= 11 is 5.88. The Morgan fingerprint density at radius 2 is 1.49 bits per heavy atom. The highest BCUT2D eigenvalue weighted by atomic mass is 35.5. The van der Waals surface area contributed by atoms with Crippen LogP contribution in [0.1, 0.15) is 10.4 Å². The molecular weight excluding hydrogens is 488 g/mol. The van der Waals surface area contributed by atoms with Crippen LogP contribution in [0.4, 0.5) is 11.4 Å². The summed E-state index contributed by atoms with van der Waals surface area (Å²) < 4.78 is 40.1. The Morgan fingerprint density at radius 1 is 0.800 bits per heavy atom. The van der Waals surface area contributed by atoms with Gasteiger partial charge in [-0.05, 0) is 66.7 Å². The number of carbonyl (C=O) groups excluding carboxylic acids is 1. The van der Waals surface area contributed by atoms with Crippen molar-refractivity contribution in [2.24, 2.45) is 0 Å². The Kier molecular flexibility index (Phi) is 7.24. The minimum atomic E-state index is -4.04. The number of sulfonamides is 1. The largest absolute Gasteiger partial charge is 0.495 e. The van der Waals surface area contributed by atoms with Gasteiger partial charge in [-0.3, -0.25) is 9.52 Å². The molecule has 0 bridgehead atoms. The summed E-state index contributed by atoms with van der Waals surface area (Å²) in [4.78, 5) is 12.6. The van der Waals surface area contributed by atoms with E-state index < -0.39 is 15.9 Å². The number of anilines is 2. The molecule has 35 heavy (non-hydrogen) atoms. The molecule has 0 aromatic heterocycles. The fourth-order valence-electron chi connectivity index (χ4n) is 3.21. The van der Waals surface area contributed by atoms with E-state index in [1.165, 1.54) is 25.3 Å². The molecule has 0 radical (unpaired) electrons. The third-order valence-corrected chi connectivity index (χ3v) is 6.55. The van der Waals surface area contributed by atoms with Gasteiger partial charge >= 0.3 is 0 Å². The van der Waals surface area contributed by atoms with Crippen LogP contribution in [0.3, 0.4) is 0 Å². The standard InChI is InChI=1S/C26H21ClN2O5S/c1-33-24-16-15-21(17-23(24)28-26(30)18-11-13-19(27)14-12-18)35(31,32)29-22-9-5-6-10-25(22)34-20-7-3-2-4-8-20/h2-17,29H,1H3,(H,28,30). The molecule has 0 atom stereocenters. The molecule has 4 aromatic rings. The number of hydrogen-bond acceptors (Lipinski definition) is 5. The molecule has 0 aliphatic rings. The van der Waals surface area contributed by atoms with Gasteiger partial charge in [-0.2, -0.15) is 0 Å². The molecule has 0 saturated heterocycles. The molecule has 0 unspecified atom stereocenters. The second-order valence-corrected chi connectivity index (χ2v) is 9.46. The van der Waals surface area contributed by atoms with Crippen molar-refractivity contribution in [3.8, 4) is 17.2 Å². The van der Waals surface area contributed by atoms with E-state index in [1.54, 1.807) is 60.7 Å². The SMILES string of the molecule is COc1ccc(S(=O)(=O)Nc2ccccc2Oc2ccccc2)cc1NC(=O)c1ccc(Cl)cc1. The van der Waals surface area contributed by atoms with E-state index >= 15 is 0 Å². The van der Waals surface area contributed by atoms with Crippen LogP contribution in [0, 0.1) is 0 Å². The lowest BCUT2D eigenvalue weighted by Gasteiger charge is -2.15. The predicted octanol–water partition coefficient (Wildman–Crippen LogP) is 6.19. The number of para-hydroxylation sites is 3. The number of benzene rings is 4. The van der Waals surface area contributed by atoms with Gasteiger partial charge in [0.15, 0.2) is 5.75 Å². The van der Waals surface area contributed by atoms with Crippen LogP contribution in [0.5, 0.6) is 17.2 Å². The van der Waals surface area contributed by atoms with Crippen LogP contribution < -0.4 is 19.5 Å². The first kappa shape index (κ1) is 24.1. The molecule has 0 fully saturated rings. The lowest BCUT2D eigenvalue weighted by atomic mass is 10.2. The summed E-state index contributed by atoms with van der Waals surface area (Å²) in [6, 6.07) is 26.2. The fraction of sp³-hybridized carbons (Fsp3) is 0.0385. The Bertz CT molecular complexity index is 1440. The number of nitrogens with one attached hydrogen (secondary N) is 2. The number of hydrogen-bond donors (Lipinski definition) is 2. The van der Waals surface area contributed by atoms with Gasteiger partial charge in [0.2, 0.25) is 0 Å². The predicted molar refractivity (Wildman–Crippen MR) is 136 cm³/mol. The maximum atomic E-state index is 13.2. The van der Waals surface area contributed by atoms with Gasteiger partial charge < -0.3 is 14.8 Å². The van der Waals surface area contributed by atoms with Crippen molar-refractivity contribution in [1.82, 2.24) is 0 Å². The van der Waals surface area contributed by atoms with Gasteiger partial charge in [-0.1, -0.05) is 41.9 Å². The highest BCUT2D eigenvalue weighted by molar-refractivity contribution is 7.92. The normalized spacial score (nSPS) is 10.9. The highest BCUT2D eigenvalue weighted by Crippen LogP contribution is 2.33.